The van der Waals surface area contributed by atoms with E-state index in [2.05, 4.69) is 17.1 Å². The molecule has 0 radical (unpaired) electrons. The van der Waals surface area contributed by atoms with Crippen molar-refractivity contribution in [2.75, 3.05) is 7.11 Å². The number of aromatic amines is 1. The molecule has 0 aliphatic rings. The van der Waals surface area contributed by atoms with Gasteiger partial charge in [-0.2, -0.15) is 0 Å². The maximum absolute atomic E-state index is 5.94. The number of ether oxygens (including phenoxy) is 1. The van der Waals surface area contributed by atoms with Crippen LogP contribution in [-0.2, 0) is 0 Å². The van der Waals surface area contributed by atoms with Crippen molar-refractivity contribution in [2.45, 2.75) is 0 Å². The molecule has 0 amide bonds. The van der Waals surface area contributed by atoms with Crippen LogP contribution in [-0.4, -0.2) is 12.1 Å². The number of benzene rings is 2. The van der Waals surface area contributed by atoms with Gasteiger partial charge < -0.3 is 9.72 Å². The standard InChI is InChI=1S/C17H14ClNO/c1-20-15-8-4-13(5-9-15)17-11-19-10-16(17)12-2-6-14(18)7-3-12/h2-11,19H,1H3. The second-order valence-electron chi connectivity index (χ2n) is 4.52. The van der Waals surface area contributed by atoms with Gasteiger partial charge in [0, 0.05) is 28.5 Å². The minimum Gasteiger partial charge on any atom is -0.497 e. The first-order valence-corrected chi connectivity index (χ1v) is 6.73. The van der Waals surface area contributed by atoms with E-state index in [4.69, 9.17) is 16.3 Å². The third-order valence-corrected chi connectivity index (χ3v) is 3.55. The van der Waals surface area contributed by atoms with Gasteiger partial charge in [0.05, 0.1) is 7.11 Å². The van der Waals surface area contributed by atoms with E-state index in [0.29, 0.717) is 0 Å². The molecular weight excluding hydrogens is 270 g/mol. The predicted octanol–water partition coefficient (Wildman–Crippen LogP) is 5.01. The van der Waals surface area contributed by atoms with Gasteiger partial charge in [0.15, 0.2) is 0 Å². The lowest BCUT2D eigenvalue weighted by Gasteiger charge is -2.06. The van der Waals surface area contributed by atoms with Crippen molar-refractivity contribution in [1.82, 2.24) is 4.98 Å². The van der Waals surface area contributed by atoms with Crippen molar-refractivity contribution < 1.29 is 4.74 Å². The van der Waals surface area contributed by atoms with E-state index in [-0.39, 0.29) is 0 Å². The van der Waals surface area contributed by atoms with Crippen LogP contribution in [0.2, 0.25) is 5.02 Å². The van der Waals surface area contributed by atoms with Crippen LogP contribution >= 0.6 is 11.6 Å². The molecule has 3 rings (SSSR count). The smallest absolute Gasteiger partial charge is 0.118 e. The van der Waals surface area contributed by atoms with Gasteiger partial charge in [0.1, 0.15) is 5.75 Å². The molecule has 0 atom stereocenters. The Morgan fingerprint density at radius 1 is 0.800 bits per heavy atom. The highest BCUT2D eigenvalue weighted by Gasteiger charge is 2.08. The largest absolute Gasteiger partial charge is 0.497 e. The number of methoxy groups -OCH3 is 1. The number of hydrogen-bond donors (Lipinski definition) is 1. The molecule has 0 aliphatic heterocycles. The van der Waals surface area contributed by atoms with Crippen LogP contribution < -0.4 is 4.74 Å². The molecule has 1 aromatic heterocycles. The fourth-order valence-corrected chi connectivity index (χ4v) is 2.37. The van der Waals surface area contributed by atoms with Gasteiger partial charge in [-0.25, -0.2) is 0 Å². The Kier molecular flexibility index (Phi) is 3.48. The minimum absolute atomic E-state index is 0.746. The predicted molar refractivity (Wildman–Crippen MR) is 83.2 cm³/mol. The molecule has 1 N–H and O–H groups in total. The van der Waals surface area contributed by atoms with Crippen molar-refractivity contribution in [3.8, 4) is 28.0 Å². The average Bonchev–Trinajstić information content (AvgIpc) is 2.97. The normalized spacial score (nSPS) is 10.5. The maximum atomic E-state index is 5.94. The molecule has 1 heterocycles. The van der Waals surface area contributed by atoms with Crippen molar-refractivity contribution in [2.24, 2.45) is 0 Å². The molecule has 3 aromatic rings. The van der Waals surface area contributed by atoms with Crippen molar-refractivity contribution >= 4 is 11.6 Å². The Morgan fingerprint density at radius 3 is 1.80 bits per heavy atom. The van der Waals surface area contributed by atoms with E-state index in [1.807, 2.05) is 48.8 Å². The highest BCUT2D eigenvalue weighted by molar-refractivity contribution is 6.30. The molecule has 100 valence electrons. The van der Waals surface area contributed by atoms with Crippen LogP contribution in [0.5, 0.6) is 5.75 Å². The molecule has 2 aromatic carbocycles. The Hall–Kier alpha value is -2.19. The number of halogens is 1. The van der Waals surface area contributed by atoms with Crippen LogP contribution in [0, 0.1) is 0 Å². The lowest BCUT2D eigenvalue weighted by atomic mass is 9.99. The first-order valence-electron chi connectivity index (χ1n) is 6.35. The SMILES string of the molecule is COc1ccc(-c2c[nH]cc2-c2ccc(Cl)cc2)cc1. The average molecular weight is 284 g/mol. The Bertz CT molecular complexity index is 699. The molecule has 20 heavy (non-hydrogen) atoms. The van der Waals surface area contributed by atoms with Crippen molar-refractivity contribution in [1.29, 1.82) is 0 Å². The zero-order valence-electron chi connectivity index (χ0n) is 11.1. The summed E-state index contributed by atoms with van der Waals surface area (Å²) in [4.78, 5) is 3.17. The fourth-order valence-electron chi connectivity index (χ4n) is 2.24. The van der Waals surface area contributed by atoms with Crippen molar-refractivity contribution in [3.05, 3.63) is 65.9 Å². The summed E-state index contributed by atoms with van der Waals surface area (Å²) < 4.78 is 5.19. The second kappa shape index (κ2) is 5.43. The van der Waals surface area contributed by atoms with E-state index in [1.165, 1.54) is 0 Å². The summed E-state index contributed by atoms with van der Waals surface area (Å²) in [6.07, 6.45) is 4.01. The molecule has 0 bridgehead atoms. The van der Waals surface area contributed by atoms with Gasteiger partial charge in [-0.1, -0.05) is 35.9 Å². The maximum Gasteiger partial charge on any atom is 0.118 e. The summed E-state index contributed by atoms with van der Waals surface area (Å²) >= 11 is 5.94. The quantitative estimate of drug-likeness (QED) is 0.718. The zero-order chi connectivity index (χ0) is 13.9. The molecular formula is C17H14ClNO. The summed E-state index contributed by atoms with van der Waals surface area (Å²) in [6.45, 7) is 0. The van der Waals surface area contributed by atoms with Crippen LogP contribution in [0.25, 0.3) is 22.3 Å². The molecule has 0 saturated heterocycles. The van der Waals surface area contributed by atoms with Crippen LogP contribution in [0.3, 0.4) is 0 Å². The summed E-state index contributed by atoms with van der Waals surface area (Å²) in [7, 11) is 1.67. The molecule has 0 unspecified atom stereocenters. The summed E-state index contributed by atoms with van der Waals surface area (Å²) in [6, 6.07) is 15.9. The lowest BCUT2D eigenvalue weighted by molar-refractivity contribution is 0.415. The van der Waals surface area contributed by atoms with Gasteiger partial charge in [0.25, 0.3) is 0 Å². The number of aromatic nitrogens is 1. The molecule has 0 saturated carbocycles. The lowest BCUT2D eigenvalue weighted by Crippen LogP contribution is -1.83. The van der Waals surface area contributed by atoms with E-state index in [0.717, 1.165) is 33.0 Å². The fraction of sp³-hybridized carbons (Fsp3) is 0.0588. The molecule has 3 heteroatoms. The van der Waals surface area contributed by atoms with E-state index in [1.54, 1.807) is 7.11 Å². The number of nitrogens with one attached hydrogen (secondary N) is 1. The molecule has 0 aliphatic carbocycles. The molecule has 0 spiro atoms. The topological polar surface area (TPSA) is 25.0 Å². The third kappa shape index (κ3) is 2.43. The van der Waals surface area contributed by atoms with Crippen LogP contribution in [0.1, 0.15) is 0 Å². The van der Waals surface area contributed by atoms with Crippen molar-refractivity contribution in [3.63, 3.8) is 0 Å². The Balaban J connectivity index is 2.02. The first kappa shape index (κ1) is 12.8. The summed E-state index contributed by atoms with van der Waals surface area (Å²) in [5.41, 5.74) is 4.61. The number of H-pyrrole nitrogens is 1. The highest BCUT2D eigenvalue weighted by Crippen LogP contribution is 2.33. The number of hydrogen-bond acceptors (Lipinski definition) is 1. The monoisotopic (exact) mass is 283 g/mol. The van der Waals surface area contributed by atoms with Gasteiger partial charge in [-0.15, -0.1) is 0 Å². The van der Waals surface area contributed by atoms with E-state index in [9.17, 15) is 0 Å². The van der Waals surface area contributed by atoms with Crippen LogP contribution in [0.4, 0.5) is 0 Å². The van der Waals surface area contributed by atoms with Gasteiger partial charge in [-0.3, -0.25) is 0 Å². The third-order valence-electron chi connectivity index (χ3n) is 3.30. The highest BCUT2D eigenvalue weighted by atomic mass is 35.5. The van der Waals surface area contributed by atoms with Crippen LogP contribution in [0.15, 0.2) is 60.9 Å². The molecule has 0 fully saturated rings. The zero-order valence-corrected chi connectivity index (χ0v) is 11.8. The first-order chi connectivity index (χ1) is 9.78. The number of rotatable bonds is 3. The molecule has 2 nitrogen and oxygen atoms in total. The summed E-state index contributed by atoms with van der Waals surface area (Å²) in [5, 5.41) is 0.746. The van der Waals surface area contributed by atoms with Gasteiger partial charge >= 0.3 is 0 Å². The summed E-state index contributed by atoms with van der Waals surface area (Å²) in [5.74, 6) is 0.859. The minimum atomic E-state index is 0.746. The Labute approximate surface area is 123 Å². The Morgan fingerprint density at radius 2 is 1.30 bits per heavy atom. The van der Waals surface area contributed by atoms with Gasteiger partial charge in [-0.05, 0) is 35.4 Å². The van der Waals surface area contributed by atoms with E-state index < -0.39 is 0 Å². The van der Waals surface area contributed by atoms with E-state index >= 15 is 0 Å². The second-order valence-corrected chi connectivity index (χ2v) is 4.95. The van der Waals surface area contributed by atoms with Gasteiger partial charge in [0.2, 0.25) is 0 Å².